The van der Waals surface area contributed by atoms with Gasteiger partial charge in [-0.15, -0.1) is 0 Å². The monoisotopic (exact) mass is 339 g/mol. The van der Waals surface area contributed by atoms with Gasteiger partial charge in [-0.25, -0.2) is 4.79 Å². The smallest absolute Gasteiger partial charge is 0.410 e. The SMILES string of the molecule is CC(C)(C)OC(=O)N1CCNCC1.CSN(C)c1ccccc1. The first-order valence-corrected chi connectivity index (χ1v) is 9.03. The van der Waals surface area contributed by atoms with Gasteiger partial charge >= 0.3 is 6.09 Å². The fraction of sp³-hybridized carbons (Fsp3) is 0.588. The van der Waals surface area contributed by atoms with Crippen molar-refractivity contribution in [1.82, 2.24) is 10.2 Å². The quantitative estimate of drug-likeness (QED) is 0.838. The Morgan fingerprint density at radius 1 is 1.22 bits per heavy atom. The van der Waals surface area contributed by atoms with Crippen molar-refractivity contribution in [2.24, 2.45) is 0 Å². The summed E-state index contributed by atoms with van der Waals surface area (Å²) in [7, 11) is 2.06. The third-order valence-corrected chi connectivity index (χ3v) is 3.92. The van der Waals surface area contributed by atoms with Gasteiger partial charge in [0.25, 0.3) is 0 Å². The van der Waals surface area contributed by atoms with Gasteiger partial charge in [0.05, 0.1) is 0 Å². The first-order valence-electron chi connectivity index (χ1n) is 7.85. The van der Waals surface area contributed by atoms with Crippen molar-refractivity contribution in [2.75, 3.05) is 43.8 Å². The van der Waals surface area contributed by atoms with Crippen LogP contribution in [0.1, 0.15) is 20.8 Å². The molecule has 1 aromatic carbocycles. The summed E-state index contributed by atoms with van der Waals surface area (Å²) < 4.78 is 7.36. The number of carbonyl (C=O) groups is 1. The van der Waals surface area contributed by atoms with Gasteiger partial charge in [-0.2, -0.15) is 0 Å². The van der Waals surface area contributed by atoms with Gasteiger partial charge in [-0.1, -0.05) is 30.1 Å². The second kappa shape index (κ2) is 9.67. The molecule has 0 radical (unpaired) electrons. The molecule has 6 heteroatoms. The Balaban J connectivity index is 0.000000238. The molecule has 1 aliphatic heterocycles. The molecule has 0 bridgehead atoms. The molecule has 0 aromatic heterocycles. The average molecular weight is 340 g/mol. The lowest BCUT2D eigenvalue weighted by Gasteiger charge is -2.30. The van der Waals surface area contributed by atoms with E-state index in [1.807, 2.05) is 39.0 Å². The Morgan fingerprint density at radius 3 is 2.26 bits per heavy atom. The number of piperazine rings is 1. The number of hydrogen-bond acceptors (Lipinski definition) is 5. The lowest BCUT2D eigenvalue weighted by molar-refractivity contribution is 0.0229. The second-order valence-corrected chi connectivity index (χ2v) is 7.15. The van der Waals surface area contributed by atoms with E-state index in [0.29, 0.717) is 0 Å². The van der Waals surface area contributed by atoms with Crippen LogP contribution in [0, 0.1) is 0 Å². The molecular formula is C17H29N3O2S. The predicted molar refractivity (Wildman–Crippen MR) is 99.0 cm³/mol. The maximum absolute atomic E-state index is 11.5. The third-order valence-electron chi connectivity index (χ3n) is 3.16. The first-order chi connectivity index (χ1) is 10.8. The van der Waals surface area contributed by atoms with Gasteiger partial charge in [-0.05, 0) is 32.9 Å². The molecule has 1 fully saturated rings. The van der Waals surface area contributed by atoms with Crippen molar-refractivity contribution in [2.45, 2.75) is 26.4 Å². The minimum Gasteiger partial charge on any atom is -0.444 e. The topological polar surface area (TPSA) is 44.8 Å². The van der Waals surface area contributed by atoms with E-state index in [4.69, 9.17) is 4.74 Å². The molecule has 1 saturated heterocycles. The Bertz CT molecular complexity index is 457. The van der Waals surface area contributed by atoms with Crippen molar-refractivity contribution in [1.29, 1.82) is 0 Å². The number of ether oxygens (including phenoxy) is 1. The van der Waals surface area contributed by atoms with Gasteiger partial charge in [0.1, 0.15) is 5.60 Å². The van der Waals surface area contributed by atoms with Crippen molar-refractivity contribution in [3.8, 4) is 0 Å². The molecule has 1 amide bonds. The van der Waals surface area contributed by atoms with Crippen LogP contribution in [0.2, 0.25) is 0 Å². The molecule has 2 rings (SSSR count). The number of nitrogens with one attached hydrogen (secondary N) is 1. The highest BCUT2D eigenvalue weighted by Gasteiger charge is 2.22. The molecule has 0 spiro atoms. The van der Waals surface area contributed by atoms with Gasteiger partial charge in [-0.3, -0.25) is 0 Å². The summed E-state index contributed by atoms with van der Waals surface area (Å²) in [5, 5.41) is 3.18. The van der Waals surface area contributed by atoms with Gasteiger partial charge in [0.15, 0.2) is 0 Å². The second-order valence-electron chi connectivity index (χ2n) is 6.23. The van der Waals surface area contributed by atoms with Crippen LogP contribution < -0.4 is 9.62 Å². The van der Waals surface area contributed by atoms with Gasteiger partial charge < -0.3 is 19.3 Å². The lowest BCUT2D eigenvalue weighted by Crippen LogP contribution is -2.48. The van der Waals surface area contributed by atoms with Crippen molar-refractivity contribution >= 4 is 23.7 Å². The number of nitrogens with zero attached hydrogens (tertiary/aromatic N) is 2. The van der Waals surface area contributed by atoms with Crippen LogP contribution in [-0.4, -0.2) is 56.1 Å². The molecular weight excluding hydrogens is 310 g/mol. The standard InChI is InChI=1S/C9H18N2O2.C8H11NS/c1-9(2,3)13-8(12)11-6-4-10-5-7-11;1-9(10-2)8-6-4-3-5-7-8/h10H,4-7H2,1-3H3;3-7H,1-2H3. The number of benzene rings is 1. The largest absolute Gasteiger partial charge is 0.444 e. The maximum atomic E-state index is 11.5. The summed E-state index contributed by atoms with van der Waals surface area (Å²) >= 11 is 1.71. The molecule has 5 nitrogen and oxygen atoms in total. The summed E-state index contributed by atoms with van der Waals surface area (Å²) in [6, 6.07) is 10.3. The number of anilines is 1. The van der Waals surface area contributed by atoms with Crippen molar-refractivity contribution < 1.29 is 9.53 Å². The number of amides is 1. The molecule has 1 N–H and O–H groups in total. The summed E-state index contributed by atoms with van der Waals surface area (Å²) in [6.45, 7) is 8.86. The fourth-order valence-corrected chi connectivity index (χ4v) is 2.25. The van der Waals surface area contributed by atoms with E-state index in [0.717, 1.165) is 26.2 Å². The van der Waals surface area contributed by atoms with Crippen LogP contribution in [0.4, 0.5) is 10.5 Å². The molecule has 0 aliphatic carbocycles. The number of para-hydroxylation sites is 1. The molecule has 1 heterocycles. The molecule has 0 atom stereocenters. The first kappa shape index (κ1) is 19.6. The van der Waals surface area contributed by atoms with Crippen LogP contribution >= 0.6 is 11.9 Å². The van der Waals surface area contributed by atoms with Crippen LogP contribution in [0.15, 0.2) is 30.3 Å². The minimum absolute atomic E-state index is 0.200. The Labute approximate surface area is 144 Å². The van der Waals surface area contributed by atoms with Crippen LogP contribution in [0.5, 0.6) is 0 Å². The third kappa shape index (κ3) is 8.13. The Kier molecular flexibility index (Phi) is 8.26. The summed E-state index contributed by atoms with van der Waals surface area (Å²) in [5.74, 6) is 0. The normalized spacial score (nSPS) is 14.6. The van der Waals surface area contributed by atoms with E-state index in [2.05, 4.69) is 35.1 Å². The summed E-state index contributed by atoms with van der Waals surface area (Å²) in [4.78, 5) is 13.2. The minimum atomic E-state index is -0.387. The highest BCUT2D eigenvalue weighted by molar-refractivity contribution is 7.99. The van der Waals surface area contributed by atoms with E-state index in [-0.39, 0.29) is 11.7 Å². The predicted octanol–water partition coefficient (Wildman–Crippen LogP) is 3.23. The Morgan fingerprint density at radius 2 is 1.78 bits per heavy atom. The molecule has 0 unspecified atom stereocenters. The summed E-state index contributed by atoms with van der Waals surface area (Å²) in [6.07, 6.45) is 1.86. The van der Waals surface area contributed by atoms with E-state index in [1.54, 1.807) is 16.8 Å². The van der Waals surface area contributed by atoms with Crippen LogP contribution in [0.3, 0.4) is 0 Å². The van der Waals surface area contributed by atoms with Crippen LogP contribution in [0.25, 0.3) is 0 Å². The maximum Gasteiger partial charge on any atom is 0.410 e. The zero-order valence-electron chi connectivity index (χ0n) is 14.8. The van der Waals surface area contributed by atoms with E-state index in [1.165, 1.54) is 5.69 Å². The fourth-order valence-electron chi connectivity index (χ4n) is 1.92. The highest BCUT2D eigenvalue weighted by atomic mass is 32.2. The van der Waals surface area contributed by atoms with E-state index in [9.17, 15) is 4.79 Å². The summed E-state index contributed by atoms with van der Waals surface area (Å²) in [5.41, 5.74) is 0.858. The molecule has 1 aliphatic rings. The van der Waals surface area contributed by atoms with Gasteiger partial charge in [0.2, 0.25) is 0 Å². The number of rotatable bonds is 2. The zero-order chi connectivity index (χ0) is 17.3. The van der Waals surface area contributed by atoms with Crippen LogP contribution in [-0.2, 0) is 4.74 Å². The zero-order valence-corrected chi connectivity index (χ0v) is 15.7. The molecule has 0 saturated carbocycles. The van der Waals surface area contributed by atoms with E-state index < -0.39 is 0 Å². The molecule has 1 aromatic rings. The van der Waals surface area contributed by atoms with E-state index >= 15 is 0 Å². The average Bonchev–Trinajstić information content (AvgIpc) is 2.55. The highest BCUT2D eigenvalue weighted by Crippen LogP contribution is 2.16. The Hall–Kier alpha value is -1.40. The van der Waals surface area contributed by atoms with Crippen molar-refractivity contribution in [3.63, 3.8) is 0 Å². The number of hydrogen-bond donors (Lipinski definition) is 1. The lowest BCUT2D eigenvalue weighted by atomic mass is 10.2. The number of carbonyl (C=O) groups excluding carboxylic acids is 1. The molecule has 130 valence electrons. The molecule has 23 heavy (non-hydrogen) atoms. The van der Waals surface area contributed by atoms with Crippen molar-refractivity contribution in [3.05, 3.63) is 30.3 Å². The van der Waals surface area contributed by atoms with Gasteiger partial charge in [0, 0.05) is 45.2 Å².